The Bertz CT molecular complexity index is 1460. The number of fused-ring (bicyclic) bond motifs is 1. The third kappa shape index (κ3) is 3.66. The number of thiocarbonyl (C=S) groups is 1. The zero-order chi connectivity index (χ0) is 24.7. The minimum absolute atomic E-state index is 0.0885. The van der Waals surface area contributed by atoms with E-state index in [2.05, 4.69) is 0 Å². The highest BCUT2D eigenvalue weighted by Gasteiger charge is 2.38. The normalized spacial score (nSPS) is 14.4. The summed E-state index contributed by atoms with van der Waals surface area (Å²) in [5, 5.41) is 0.250. The van der Waals surface area contributed by atoms with Crippen LogP contribution < -0.4 is 0 Å². The summed E-state index contributed by atoms with van der Waals surface area (Å²) in [6.07, 6.45) is 1.66. The summed E-state index contributed by atoms with van der Waals surface area (Å²) in [6.45, 7) is 4.48. The molecule has 35 heavy (non-hydrogen) atoms. The Kier molecular flexibility index (Phi) is 5.82. The third-order valence-electron chi connectivity index (χ3n) is 6.26. The van der Waals surface area contributed by atoms with Crippen molar-refractivity contribution in [3.8, 4) is 17.1 Å². The number of para-hydroxylation sites is 1. The molecule has 1 fully saturated rings. The SMILES string of the molecule is CCN1C(=O)C(=Cc2cc3c(nc(-c4ccccc4)n3C)n2-c2ccccc2)C(=O)N(CC)C1=S. The van der Waals surface area contributed by atoms with Crippen molar-refractivity contribution in [3.05, 3.63) is 78.0 Å². The molecule has 0 unspecified atom stereocenters. The van der Waals surface area contributed by atoms with E-state index in [1.54, 1.807) is 6.08 Å². The molecule has 1 aliphatic rings. The maximum atomic E-state index is 13.2. The molecule has 5 rings (SSSR count). The standard InChI is InChI=1S/C27H25N5O2S/c1-4-30-25(33)21(26(34)31(5-2)27(30)35)16-20-17-22-24(32(20)19-14-10-7-11-15-19)28-23(29(22)3)18-12-8-6-9-13-18/h6-17H,4-5H2,1-3H3. The average molecular weight is 484 g/mol. The molecule has 0 bridgehead atoms. The molecule has 2 aromatic carbocycles. The van der Waals surface area contributed by atoms with E-state index in [1.165, 1.54) is 9.80 Å². The quantitative estimate of drug-likeness (QED) is 0.240. The summed E-state index contributed by atoms with van der Waals surface area (Å²) in [6, 6.07) is 21.8. The lowest BCUT2D eigenvalue weighted by atomic mass is 10.1. The van der Waals surface area contributed by atoms with Crippen molar-refractivity contribution in [1.82, 2.24) is 23.9 Å². The smallest absolute Gasteiger partial charge is 0.265 e. The molecule has 2 amide bonds. The largest absolute Gasteiger partial charge is 0.326 e. The van der Waals surface area contributed by atoms with E-state index in [0.717, 1.165) is 28.2 Å². The van der Waals surface area contributed by atoms with Gasteiger partial charge in [-0.15, -0.1) is 0 Å². The van der Waals surface area contributed by atoms with E-state index in [9.17, 15) is 9.59 Å². The second-order valence-corrected chi connectivity index (χ2v) is 8.61. The van der Waals surface area contributed by atoms with Gasteiger partial charge in [0.1, 0.15) is 11.4 Å². The molecule has 0 saturated carbocycles. The first-order valence-corrected chi connectivity index (χ1v) is 12.0. The van der Waals surface area contributed by atoms with Gasteiger partial charge in [-0.05, 0) is 50.3 Å². The van der Waals surface area contributed by atoms with Crippen molar-refractivity contribution < 1.29 is 9.59 Å². The molecule has 3 heterocycles. The Hall–Kier alpha value is -4.04. The number of benzene rings is 2. The number of carbonyl (C=O) groups is 2. The van der Waals surface area contributed by atoms with Gasteiger partial charge < -0.3 is 4.57 Å². The molecular weight excluding hydrogens is 458 g/mol. The Morgan fingerprint density at radius 2 is 1.46 bits per heavy atom. The maximum Gasteiger partial charge on any atom is 0.265 e. The summed E-state index contributed by atoms with van der Waals surface area (Å²) >= 11 is 5.40. The summed E-state index contributed by atoms with van der Waals surface area (Å²) in [5.74, 6) is 0.0778. The molecule has 1 aliphatic heterocycles. The van der Waals surface area contributed by atoms with Crippen LogP contribution in [0.25, 0.3) is 34.3 Å². The number of aromatic nitrogens is 3. The topological polar surface area (TPSA) is 63.4 Å². The molecule has 176 valence electrons. The number of rotatable bonds is 5. The fourth-order valence-electron chi connectivity index (χ4n) is 4.48. The molecule has 1 saturated heterocycles. The zero-order valence-electron chi connectivity index (χ0n) is 19.8. The van der Waals surface area contributed by atoms with Gasteiger partial charge >= 0.3 is 0 Å². The van der Waals surface area contributed by atoms with Crippen molar-refractivity contribution in [2.75, 3.05) is 13.1 Å². The van der Waals surface area contributed by atoms with E-state index >= 15 is 0 Å². The van der Waals surface area contributed by atoms with Crippen molar-refractivity contribution in [2.24, 2.45) is 7.05 Å². The summed E-state index contributed by atoms with van der Waals surface area (Å²) in [5.41, 5.74) is 4.32. The Morgan fingerprint density at radius 1 is 0.886 bits per heavy atom. The number of imidazole rings is 1. The molecule has 0 radical (unpaired) electrons. The number of hydrogen-bond donors (Lipinski definition) is 0. The minimum Gasteiger partial charge on any atom is -0.326 e. The summed E-state index contributed by atoms with van der Waals surface area (Å²) in [7, 11) is 1.97. The Balaban J connectivity index is 1.74. The van der Waals surface area contributed by atoms with Crippen molar-refractivity contribution >= 4 is 46.4 Å². The third-order valence-corrected chi connectivity index (χ3v) is 6.70. The van der Waals surface area contributed by atoms with Crippen LogP contribution in [0.1, 0.15) is 19.5 Å². The van der Waals surface area contributed by atoms with Crippen LogP contribution in [-0.2, 0) is 16.6 Å². The van der Waals surface area contributed by atoms with Gasteiger partial charge in [0, 0.05) is 31.4 Å². The second-order valence-electron chi connectivity index (χ2n) is 8.25. The minimum atomic E-state index is -0.380. The van der Waals surface area contributed by atoms with Crippen LogP contribution >= 0.6 is 12.2 Å². The molecule has 0 N–H and O–H groups in total. The van der Waals surface area contributed by atoms with Crippen LogP contribution in [0.5, 0.6) is 0 Å². The average Bonchev–Trinajstić information content (AvgIpc) is 3.39. The lowest BCUT2D eigenvalue weighted by Crippen LogP contribution is -2.55. The molecule has 0 atom stereocenters. The number of hydrogen-bond acceptors (Lipinski definition) is 4. The number of aryl methyl sites for hydroxylation is 1. The highest BCUT2D eigenvalue weighted by molar-refractivity contribution is 7.80. The summed E-state index contributed by atoms with van der Waals surface area (Å²) in [4.78, 5) is 34.4. The zero-order valence-corrected chi connectivity index (χ0v) is 20.6. The molecule has 0 spiro atoms. The Morgan fingerprint density at radius 3 is 2.03 bits per heavy atom. The lowest BCUT2D eigenvalue weighted by Gasteiger charge is -2.35. The van der Waals surface area contributed by atoms with Gasteiger partial charge in [-0.3, -0.25) is 24.0 Å². The molecule has 7 nitrogen and oxygen atoms in total. The van der Waals surface area contributed by atoms with Gasteiger partial charge in [0.05, 0.1) is 11.2 Å². The number of carbonyl (C=O) groups excluding carboxylic acids is 2. The molecular formula is C27H25N5O2S. The van der Waals surface area contributed by atoms with E-state index in [-0.39, 0.29) is 22.5 Å². The van der Waals surface area contributed by atoms with Gasteiger partial charge in [-0.1, -0.05) is 48.5 Å². The van der Waals surface area contributed by atoms with Gasteiger partial charge in [0.25, 0.3) is 11.8 Å². The monoisotopic (exact) mass is 483 g/mol. The number of likely N-dealkylation sites (N-methyl/N-ethyl adjacent to an activating group) is 2. The fourth-order valence-corrected chi connectivity index (χ4v) is 4.90. The van der Waals surface area contributed by atoms with Gasteiger partial charge in [0.15, 0.2) is 10.8 Å². The van der Waals surface area contributed by atoms with Gasteiger partial charge in [0.2, 0.25) is 0 Å². The number of amides is 2. The van der Waals surface area contributed by atoms with E-state index in [1.807, 2.05) is 96.8 Å². The van der Waals surface area contributed by atoms with Crippen LogP contribution in [0.3, 0.4) is 0 Å². The highest BCUT2D eigenvalue weighted by atomic mass is 32.1. The van der Waals surface area contributed by atoms with Gasteiger partial charge in [-0.2, -0.15) is 0 Å². The second kappa shape index (κ2) is 8.96. The van der Waals surface area contributed by atoms with Crippen molar-refractivity contribution in [1.29, 1.82) is 0 Å². The van der Waals surface area contributed by atoms with Crippen LogP contribution in [-0.4, -0.2) is 53.9 Å². The molecule has 8 heteroatoms. The van der Waals surface area contributed by atoms with Crippen LogP contribution in [0.4, 0.5) is 0 Å². The van der Waals surface area contributed by atoms with Crippen molar-refractivity contribution in [2.45, 2.75) is 13.8 Å². The van der Waals surface area contributed by atoms with E-state index in [0.29, 0.717) is 18.8 Å². The first kappa shape index (κ1) is 22.7. The number of nitrogens with zero attached hydrogens (tertiary/aromatic N) is 5. The first-order chi connectivity index (χ1) is 17.0. The summed E-state index contributed by atoms with van der Waals surface area (Å²) < 4.78 is 4.01. The van der Waals surface area contributed by atoms with E-state index in [4.69, 9.17) is 17.2 Å². The Labute approximate surface area is 208 Å². The molecule has 2 aromatic heterocycles. The predicted molar refractivity (Wildman–Crippen MR) is 141 cm³/mol. The fraction of sp³-hybridized carbons (Fsp3) is 0.185. The van der Waals surface area contributed by atoms with Crippen molar-refractivity contribution in [3.63, 3.8) is 0 Å². The van der Waals surface area contributed by atoms with Crippen LogP contribution in [0.2, 0.25) is 0 Å². The maximum absolute atomic E-state index is 13.2. The van der Waals surface area contributed by atoms with Gasteiger partial charge in [-0.25, -0.2) is 4.98 Å². The molecule has 0 aliphatic carbocycles. The lowest BCUT2D eigenvalue weighted by molar-refractivity contribution is -0.133. The van der Waals surface area contributed by atoms with Crippen LogP contribution in [0, 0.1) is 0 Å². The molecule has 4 aromatic rings. The predicted octanol–water partition coefficient (Wildman–Crippen LogP) is 4.41. The first-order valence-electron chi connectivity index (χ1n) is 11.5. The van der Waals surface area contributed by atoms with E-state index < -0.39 is 0 Å². The van der Waals surface area contributed by atoms with Crippen LogP contribution in [0.15, 0.2) is 72.3 Å². The highest BCUT2D eigenvalue weighted by Crippen LogP contribution is 2.31.